The zero-order valence-electron chi connectivity index (χ0n) is 12.3. The second-order valence-electron chi connectivity index (χ2n) is 5.28. The fourth-order valence-electron chi connectivity index (χ4n) is 2.68. The van der Waals surface area contributed by atoms with Crippen LogP contribution in [0.25, 0.3) is 27.8 Å². The first-order valence-electron chi connectivity index (χ1n) is 7.28. The van der Waals surface area contributed by atoms with Crippen molar-refractivity contribution in [1.29, 1.82) is 0 Å². The van der Waals surface area contributed by atoms with Crippen LogP contribution < -0.4 is 0 Å². The van der Waals surface area contributed by atoms with Gasteiger partial charge in [-0.1, -0.05) is 36.4 Å². The minimum atomic E-state index is 0.980. The number of hydrogen-bond donors (Lipinski definition) is 0. The summed E-state index contributed by atoms with van der Waals surface area (Å²) < 4.78 is 2.07. The number of aryl methyl sites for hydroxylation is 1. The lowest BCUT2D eigenvalue weighted by Gasteiger charge is -2.08. The Morgan fingerprint density at radius 3 is 2.55 bits per heavy atom. The third-order valence-electron chi connectivity index (χ3n) is 3.85. The molecular formula is C19H15N3. The number of aromatic nitrogens is 3. The highest BCUT2D eigenvalue weighted by Gasteiger charge is 2.04. The molecule has 4 rings (SSSR count). The summed E-state index contributed by atoms with van der Waals surface area (Å²) in [5.41, 5.74) is 4.25. The molecule has 0 saturated carbocycles. The molecule has 3 nitrogen and oxygen atoms in total. The molecule has 2 aromatic heterocycles. The molecule has 0 N–H and O–H groups in total. The fourth-order valence-corrected chi connectivity index (χ4v) is 2.68. The van der Waals surface area contributed by atoms with Crippen LogP contribution in [0.15, 0.2) is 73.1 Å². The standard InChI is InChI=1S/C19H15N3/c1-14-20-11-12-22(14)17-8-10-19-16(13-17)7-9-18(21-19)15-5-3-2-4-6-15/h2-13H,1H3. The van der Waals surface area contributed by atoms with Crippen LogP contribution in [0.2, 0.25) is 0 Å². The minimum absolute atomic E-state index is 0.980. The molecule has 0 aliphatic heterocycles. The van der Waals surface area contributed by atoms with E-state index in [0.717, 1.165) is 33.7 Å². The number of benzene rings is 2. The molecule has 2 aromatic carbocycles. The number of fused-ring (bicyclic) bond motifs is 1. The van der Waals surface area contributed by atoms with Gasteiger partial charge in [0.1, 0.15) is 5.82 Å². The highest BCUT2D eigenvalue weighted by molar-refractivity contribution is 5.83. The predicted octanol–water partition coefficient (Wildman–Crippen LogP) is 4.40. The van der Waals surface area contributed by atoms with Crippen LogP contribution in [0, 0.1) is 6.92 Å². The molecule has 106 valence electrons. The van der Waals surface area contributed by atoms with Gasteiger partial charge in [-0.25, -0.2) is 9.97 Å². The van der Waals surface area contributed by atoms with Gasteiger partial charge in [-0.15, -0.1) is 0 Å². The van der Waals surface area contributed by atoms with Crippen molar-refractivity contribution < 1.29 is 0 Å². The second-order valence-corrected chi connectivity index (χ2v) is 5.28. The molecular weight excluding hydrogens is 270 g/mol. The Balaban J connectivity index is 1.81. The van der Waals surface area contributed by atoms with Gasteiger partial charge in [0.25, 0.3) is 0 Å². The average Bonchev–Trinajstić information content (AvgIpc) is 3.01. The topological polar surface area (TPSA) is 30.7 Å². The summed E-state index contributed by atoms with van der Waals surface area (Å²) in [5.74, 6) is 0.980. The fraction of sp³-hybridized carbons (Fsp3) is 0.0526. The molecule has 0 unspecified atom stereocenters. The number of hydrogen-bond acceptors (Lipinski definition) is 2. The quantitative estimate of drug-likeness (QED) is 0.546. The van der Waals surface area contributed by atoms with Gasteiger partial charge in [0.05, 0.1) is 11.2 Å². The molecule has 2 heterocycles. The van der Waals surface area contributed by atoms with E-state index in [0.29, 0.717) is 0 Å². The molecule has 22 heavy (non-hydrogen) atoms. The van der Waals surface area contributed by atoms with E-state index in [1.54, 1.807) is 0 Å². The molecule has 3 heteroatoms. The summed E-state index contributed by atoms with van der Waals surface area (Å²) >= 11 is 0. The maximum Gasteiger partial charge on any atom is 0.110 e. The first kappa shape index (κ1) is 12.8. The lowest BCUT2D eigenvalue weighted by molar-refractivity contribution is 0.976. The third-order valence-corrected chi connectivity index (χ3v) is 3.85. The van der Waals surface area contributed by atoms with Gasteiger partial charge < -0.3 is 4.57 Å². The van der Waals surface area contributed by atoms with Crippen molar-refractivity contribution in [2.24, 2.45) is 0 Å². The maximum atomic E-state index is 4.77. The van der Waals surface area contributed by atoms with Gasteiger partial charge in [-0.05, 0) is 31.2 Å². The van der Waals surface area contributed by atoms with Gasteiger partial charge in [-0.2, -0.15) is 0 Å². The van der Waals surface area contributed by atoms with Crippen molar-refractivity contribution in [3.8, 4) is 16.9 Å². The zero-order chi connectivity index (χ0) is 14.9. The maximum absolute atomic E-state index is 4.77. The van der Waals surface area contributed by atoms with Crippen molar-refractivity contribution in [2.75, 3.05) is 0 Å². The van der Waals surface area contributed by atoms with Crippen LogP contribution in [-0.2, 0) is 0 Å². The van der Waals surface area contributed by atoms with E-state index in [1.807, 2.05) is 37.5 Å². The number of imidazole rings is 1. The monoisotopic (exact) mass is 285 g/mol. The number of nitrogens with zero attached hydrogens (tertiary/aromatic N) is 3. The van der Waals surface area contributed by atoms with Crippen molar-refractivity contribution in [3.05, 3.63) is 78.9 Å². The average molecular weight is 285 g/mol. The van der Waals surface area contributed by atoms with Crippen LogP contribution >= 0.6 is 0 Å². The Bertz CT molecular complexity index is 939. The molecule has 0 radical (unpaired) electrons. The summed E-state index contributed by atoms with van der Waals surface area (Å²) in [6.45, 7) is 2.00. The Kier molecular flexibility index (Phi) is 2.97. The van der Waals surface area contributed by atoms with E-state index >= 15 is 0 Å². The van der Waals surface area contributed by atoms with Crippen LogP contribution in [-0.4, -0.2) is 14.5 Å². The first-order chi connectivity index (χ1) is 10.8. The largest absolute Gasteiger partial charge is 0.304 e. The van der Waals surface area contributed by atoms with Crippen LogP contribution in [0.5, 0.6) is 0 Å². The summed E-state index contributed by atoms with van der Waals surface area (Å²) in [6, 6.07) is 20.7. The molecule has 0 bridgehead atoms. The van der Waals surface area contributed by atoms with Crippen LogP contribution in [0.4, 0.5) is 0 Å². The molecule has 0 spiro atoms. The number of rotatable bonds is 2. The summed E-state index contributed by atoms with van der Waals surface area (Å²) in [4.78, 5) is 9.04. The lowest BCUT2D eigenvalue weighted by atomic mass is 10.1. The minimum Gasteiger partial charge on any atom is -0.304 e. The van der Waals surface area contributed by atoms with Gasteiger partial charge in [0.15, 0.2) is 0 Å². The summed E-state index contributed by atoms with van der Waals surface area (Å²) in [5, 5.41) is 1.13. The molecule has 0 aliphatic carbocycles. The Morgan fingerprint density at radius 2 is 1.77 bits per heavy atom. The van der Waals surface area contributed by atoms with E-state index in [2.05, 4.69) is 52.0 Å². The van der Waals surface area contributed by atoms with E-state index in [9.17, 15) is 0 Å². The van der Waals surface area contributed by atoms with Gasteiger partial charge in [0, 0.05) is 29.0 Å². The van der Waals surface area contributed by atoms with Crippen molar-refractivity contribution in [3.63, 3.8) is 0 Å². The van der Waals surface area contributed by atoms with E-state index in [-0.39, 0.29) is 0 Å². The number of pyridine rings is 1. The van der Waals surface area contributed by atoms with Gasteiger partial charge >= 0.3 is 0 Å². The Labute approximate surface area is 128 Å². The third kappa shape index (κ3) is 2.17. The van der Waals surface area contributed by atoms with Crippen LogP contribution in [0.1, 0.15) is 5.82 Å². The molecule has 0 amide bonds. The molecule has 0 saturated heterocycles. The van der Waals surface area contributed by atoms with E-state index < -0.39 is 0 Å². The highest BCUT2D eigenvalue weighted by Crippen LogP contribution is 2.23. The van der Waals surface area contributed by atoms with E-state index in [1.165, 1.54) is 0 Å². The van der Waals surface area contributed by atoms with E-state index in [4.69, 9.17) is 4.98 Å². The zero-order valence-corrected chi connectivity index (χ0v) is 12.3. The second kappa shape index (κ2) is 5.11. The van der Waals surface area contributed by atoms with Crippen molar-refractivity contribution >= 4 is 10.9 Å². The summed E-state index contributed by atoms with van der Waals surface area (Å²) in [7, 11) is 0. The molecule has 0 aliphatic rings. The van der Waals surface area contributed by atoms with Crippen molar-refractivity contribution in [2.45, 2.75) is 6.92 Å². The van der Waals surface area contributed by atoms with Crippen molar-refractivity contribution in [1.82, 2.24) is 14.5 Å². The SMILES string of the molecule is Cc1nccn1-c1ccc2nc(-c3ccccc3)ccc2c1. The highest BCUT2D eigenvalue weighted by atomic mass is 15.1. The van der Waals surface area contributed by atoms with Gasteiger partial charge in [0.2, 0.25) is 0 Å². The first-order valence-corrected chi connectivity index (χ1v) is 7.28. The predicted molar refractivity (Wildman–Crippen MR) is 89.0 cm³/mol. The lowest BCUT2D eigenvalue weighted by Crippen LogP contribution is -1.95. The van der Waals surface area contributed by atoms with Crippen LogP contribution in [0.3, 0.4) is 0 Å². The Hall–Kier alpha value is -2.94. The smallest absolute Gasteiger partial charge is 0.110 e. The summed E-state index contributed by atoms with van der Waals surface area (Å²) in [6.07, 6.45) is 3.79. The molecule has 0 fully saturated rings. The Morgan fingerprint density at radius 1 is 0.909 bits per heavy atom. The molecule has 4 aromatic rings. The normalized spacial score (nSPS) is 11.0. The molecule has 0 atom stereocenters. The van der Waals surface area contributed by atoms with Gasteiger partial charge in [-0.3, -0.25) is 0 Å².